The van der Waals surface area contributed by atoms with Gasteiger partial charge in [0.2, 0.25) is 0 Å². The molecular formula is C31H26N4O9S. The molecule has 45 heavy (non-hydrogen) atoms. The van der Waals surface area contributed by atoms with Gasteiger partial charge in [-0.25, -0.2) is 9.59 Å². The zero-order chi connectivity index (χ0) is 31.6. The van der Waals surface area contributed by atoms with E-state index < -0.39 is 41.3 Å². The lowest BCUT2D eigenvalue weighted by molar-refractivity contribution is -0.0172. The number of nitrogens with one attached hydrogen (secondary N) is 3. The molecule has 0 saturated carbocycles. The van der Waals surface area contributed by atoms with Gasteiger partial charge in [-0.05, 0) is 55.5 Å². The topological polar surface area (TPSA) is 184 Å². The molecule has 1 spiro atoms. The molecule has 0 radical (unpaired) electrons. The number of aliphatic hydroxyl groups is 1. The Morgan fingerprint density at radius 2 is 1.69 bits per heavy atom. The van der Waals surface area contributed by atoms with Gasteiger partial charge in [0.1, 0.15) is 35.3 Å². The smallest absolute Gasteiger partial charge is 0.340 e. The molecule has 3 atom stereocenters. The van der Waals surface area contributed by atoms with E-state index in [9.17, 15) is 29.7 Å². The van der Waals surface area contributed by atoms with Crippen LogP contribution in [0.5, 0.6) is 23.0 Å². The summed E-state index contributed by atoms with van der Waals surface area (Å²) in [6, 6.07) is 14.1. The first-order valence-electron chi connectivity index (χ1n) is 14.0. The molecule has 6 N–H and O–H groups in total. The summed E-state index contributed by atoms with van der Waals surface area (Å²) >= 11 is 5.45. The van der Waals surface area contributed by atoms with Crippen LogP contribution >= 0.6 is 12.2 Å². The second-order valence-electron chi connectivity index (χ2n) is 11.0. The molecular weight excluding hydrogens is 604 g/mol. The van der Waals surface area contributed by atoms with Crippen molar-refractivity contribution in [2.24, 2.45) is 0 Å². The quantitative estimate of drug-likeness (QED) is 0.143. The Labute approximate surface area is 259 Å². The number of nitrogens with zero attached hydrogens (tertiary/aromatic N) is 1. The van der Waals surface area contributed by atoms with E-state index in [-0.39, 0.29) is 46.6 Å². The van der Waals surface area contributed by atoms with Gasteiger partial charge in [0, 0.05) is 59.2 Å². The van der Waals surface area contributed by atoms with Gasteiger partial charge in [0.25, 0.3) is 5.56 Å². The Hall–Kier alpha value is -5.18. The van der Waals surface area contributed by atoms with Crippen molar-refractivity contribution in [3.63, 3.8) is 0 Å². The van der Waals surface area contributed by atoms with Gasteiger partial charge >= 0.3 is 11.7 Å². The third-order valence-electron chi connectivity index (χ3n) is 8.16. The fraction of sp³-hybridized carbons (Fsp3) is 0.226. The van der Waals surface area contributed by atoms with E-state index in [0.717, 1.165) is 0 Å². The maximum atomic E-state index is 13.4. The monoisotopic (exact) mass is 630 g/mol. The maximum absolute atomic E-state index is 13.4. The fourth-order valence-electron chi connectivity index (χ4n) is 6.02. The average Bonchev–Trinajstić information content (AvgIpc) is 3.50. The number of benzene rings is 3. The number of carbonyl (C=O) groups is 1. The standard InChI is InChI=1S/C31H26N4O9S/c1-14-13-35(30(41)34-27(14)39)26-11-22(38)25(43-26)12-32-29(45)33-15-2-5-19-18(8-15)28(40)44-31(19)20-6-3-16(36)9-23(20)42-24-10-17(37)4-7-21(24)31/h2-10,13,22,25-26,36-38H,11-12H2,1H3,(H2,32,33,45)(H,34,39,41)/t22-,25+,26-/m0/s1. The number of phenols is 2. The molecule has 0 bridgehead atoms. The largest absolute Gasteiger partial charge is 0.508 e. The van der Waals surface area contributed by atoms with Gasteiger partial charge in [0.05, 0.1) is 11.7 Å². The number of esters is 1. The van der Waals surface area contributed by atoms with Gasteiger partial charge in [-0.3, -0.25) is 14.3 Å². The van der Waals surface area contributed by atoms with Gasteiger partial charge in [-0.2, -0.15) is 0 Å². The number of fused-ring (bicyclic) bond motifs is 6. The van der Waals surface area contributed by atoms with Crippen molar-refractivity contribution >= 4 is 29.0 Å². The van der Waals surface area contributed by atoms with E-state index in [1.807, 2.05) is 0 Å². The summed E-state index contributed by atoms with van der Waals surface area (Å²) in [5.41, 5.74) is 0.177. The third kappa shape index (κ3) is 4.70. The number of phenolic OH excluding ortho intramolecular Hbond substituents is 2. The predicted octanol–water partition coefficient (Wildman–Crippen LogP) is 2.46. The molecule has 7 rings (SSSR count). The lowest BCUT2D eigenvalue weighted by atomic mass is 9.77. The van der Waals surface area contributed by atoms with Crippen LogP contribution in [0.3, 0.4) is 0 Å². The lowest BCUT2D eigenvalue weighted by Crippen LogP contribution is -2.39. The van der Waals surface area contributed by atoms with Crippen molar-refractivity contribution in [3.05, 3.63) is 109 Å². The highest BCUT2D eigenvalue weighted by Gasteiger charge is 2.53. The highest BCUT2D eigenvalue weighted by Crippen LogP contribution is 2.57. The lowest BCUT2D eigenvalue weighted by Gasteiger charge is -2.36. The van der Waals surface area contributed by atoms with Crippen LogP contribution in [0, 0.1) is 6.92 Å². The van der Waals surface area contributed by atoms with Crippen LogP contribution in [-0.2, 0) is 15.1 Å². The minimum Gasteiger partial charge on any atom is -0.508 e. The molecule has 3 aliphatic rings. The molecule has 0 unspecified atom stereocenters. The summed E-state index contributed by atoms with van der Waals surface area (Å²) in [4.78, 5) is 39.5. The maximum Gasteiger partial charge on any atom is 0.340 e. The first-order valence-corrected chi connectivity index (χ1v) is 14.4. The number of H-pyrrole nitrogens is 1. The van der Waals surface area contributed by atoms with Gasteiger partial charge in [0.15, 0.2) is 10.7 Å². The van der Waals surface area contributed by atoms with Crippen LogP contribution in [0.25, 0.3) is 0 Å². The summed E-state index contributed by atoms with van der Waals surface area (Å²) in [7, 11) is 0. The molecule has 0 amide bonds. The number of hydrogen-bond donors (Lipinski definition) is 6. The number of aliphatic hydroxyl groups excluding tert-OH is 1. The highest BCUT2D eigenvalue weighted by molar-refractivity contribution is 7.80. The number of aromatic amines is 1. The number of aryl methyl sites for hydroxylation is 1. The average molecular weight is 631 g/mol. The van der Waals surface area contributed by atoms with E-state index in [2.05, 4.69) is 15.6 Å². The Kier molecular flexibility index (Phi) is 6.65. The summed E-state index contributed by atoms with van der Waals surface area (Å²) in [5, 5.41) is 37.0. The Morgan fingerprint density at radius 3 is 2.38 bits per heavy atom. The summed E-state index contributed by atoms with van der Waals surface area (Å²) in [6.45, 7) is 1.69. The first kappa shape index (κ1) is 28.6. The Morgan fingerprint density at radius 1 is 1.02 bits per heavy atom. The molecule has 1 fully saturated rings. The molecule has 14 heteroatoms. The molecule has 1 aromatic heterocycles. The van der Waals surface area contributed by atoms with Crippen LogP contribution in [0.4, 0.5) is 5.69 Å². The Bertz CT molecular complexity index is 1970. The minimum absolute atomic E-state index is 0.0379. The Balaban J connectivity index is 1.10. The van der Waals surface area contributed by atoms with E-state index in [4.69, 9.17) is 26.4 Å². The predicted molar refractivity (Wildman–Crippen MR) is 163 cm³/mol. The van der Waals surface area contributed by atoms with Crippen LogP contribution in [-0.4, -0.2) is 54.7 Å². The highest BCUT2D eigenvalue weighted by atomic mass is 32.1. The number of carbonyl (C=O) groups excluding carboxylic acids is 1. The number of aromatic nitrogens is 2. The van der Waals surface area contributed by atoms with Gasteiger partial charge in [-0.15, -0.1) is 0 Å². The van der Waals surface area contributed by atoms with Crippen LogP contribution in [0.15, 0.2) is 70.4 Å². The second-order valence-corrected chi connectivity index (χ2v) is 11.4. The fourth-order valence-corrected chi connectivity index (χ4v) is 6.22. The molecule has 3 aromatic carbocycles. The van der Waals surface area contributed by atoms with Crippen molar-refractivity contribution in [2.75, 3.05) is 11.9 Å². The molecule has 1 saturated heterocycles. The number of thiocarbonyl (C=S) groups is 1. The molecule has 4 heterocycles. The van der Waals surface area contributed by atoms with Gasteiger partial charge < -0.3 is 40.2 Å². The van der Waals surface area contributed by atoms with E-state index in [1.54, 1.807) is 37.3 Å². The molecule has 230 valence electrons. The van der Waals surface area contributed by atoms with E-state index in [1.165, 1.54) is 35.0 Å². The molecule has 4 aromatic rings. The minimum atomic E-state index is -1.38. The zero-order valence-corrected chi connectivity index (χ0v) is 24.4. The van der Waals surface area contributed by atoms with Crippen molar-refractivity contribution in [1.82, 2.24) is 14.9 Å². The van der Waals surface area contributed by atoms with Gasteiger partial charge in [-0.1, -0.05) is 6.07 Å². The number of hydrogen-bond acceptors (Lipinski definition) is 10. The zero-order valence-electron chi connectivity index (χ0n) is 23.6. The van der Waals surface area contributed by atoms with Crippen molar-refractivity contribution in [3.8, 4) is 23.0 Å². The van der Waals surface area contributed by atoms with E-state index >= 15 is 0 Å². The second kappa shape index (κ2) is 10.5. The number of aromatic hydroxyl groups is 2. The SMILES string of the molecule is Cc1cn([C@@H]2C[C@H](O)[C@@H](CNC(=S)Nc3ccc4c(c3)C(=O)OC43c4ccc(O)cc4Oc4cc(O)ccc43)O2)c(=O)[nH]c1=O. The number of ether oxygens (including phenoxy) is 3. The molecule has 3 aliphatic heterocycles. The third-order valence-corrected chi connectivity index (χ3v) is 8.40. The van der Waals surface area contributed by atoms with E-state index in [0.29, 0.717) is 27.9 Å². The summed E-state index contributed by atoms with van der Waals surface area (Å²) < 4.78 is 19.2. The number of anilines is 1. The van der Waals surface area contributed by atoms with Crippen molar-refractivity contribution in [2.45, 2.75) is 37.4 Å². The molecule has 13 nitrogen and oxygen atoms in total. The number of rotatable bonds is 4. The van der Waals surface area contributed by atoms with Crippen LogP contribution in [0.2, 0.25) is 0 Å². The van der Waals surface area contributed by atoms with Crippen molar-refractivity contribution in [1.29, 1.82) is 0 Å². The summed E-state index contributed by atoms with van der Waals surface area (Å²) in [5.74, 6) is -0.109. The van der Waals surface area contributed by atoms with Crippen LogP contribution in [0.1, 0.15) is 45.3 Å². The van der Waals surface area contributed by atoms with Crippen LogP contribution < -0.4 is 26.6 Å². The first-order chi connectivity index (χ1) is 21.5. The molecule has 0 aliphatic carbocycles. The summed E-state index contributed by atoms with van der Waals surface area (Å²) in [6.07, 6.45) is -0.821. The van der Waals surface area contributed by atoms with Crippen molar-refractivity contribution < 1.29 is 34.3 Å². The normalized spacial score (nSPS) is 20.5.